The number of rotatable bonds is 3. The molecule has 0 bridgehead atoms. The number of amides is 2. The minimum absolute atomic E-state index is 0.0378. The van der Waals surface area contributed by atoms with Crippen LogP contribution in [0.15, 0.2) is 36.7 Å². The minimum Gasteiger partial charge on any atom is -0.312 e. The lowest BCUT2D eigenvalue weighted by molar-refractivity contribution is -0.122. The molecule has 1 aliphatic rings. The molecule has 0 spiro atoms. The third-order valence-corrected chi connectivity index (χ3v) is 3.81. The van der Waals surface area contributed by atoms with E-state index in [9.17, 15) is 9.59 Å². The number of hydrogen-bond acceptors (Lipinski definition) is 4. The predicted molar refractivity (Wildman–Crippen MR) is 87.0 cm³/mol. The van der Waals surface area contributed by atoms with Crippen molar-refractivity contribution in [1.82, 2.24) is 9.97 Å². The summed E-state index contributed by atoms with van der Waals surface area (Å²) >= 11 is 0. The summed E-state index contributed by atoms with van der Waals surface area (Å²) in [6.45, 7) is 4.36. The lowest BCUT2D eigenvalue weighted by Gasteiger charge is -2.18. The predicted octanol–water partition coefficient (Wildman–Crippen LogP) is 2.09. The molecule has 0 radical (unpaired) electrons. The van der Waals surface area contributed by atoms with E-state index in [2.05, 4.69) is 21.4 Å². The van der Waals surface area contributed by atoms with Crippen LogP contribution >= 0.6 is 0 Å². The molecule has 23 heavy (non-hydrogen) atoms. The maximum atomic E-state index is 12.3. The molecule has 3 rings (SSSR count). The summed E-state index contributed by atoms with van der Waals surface area (Å²) in [5.74, 6) is -0.400. The van der Waals surface area contributed by atoms with E-state index in [0.29, 0.717) is 6.54 Å². The fourth-order valence-electron chi connectivity index (χ4n) is 2.82. The van der Waals surface area contributed by atoms with Crippen LogP contribution < -0.4 is 10.2 Å². The number of hydrogen-bond donors (Lipinski definition) is 1. The first-order valence-electron chi connectivity index (χ1n) is 7.49. The fraction of sp³-hybridized carbons (Fsp3) is 0.294. The Bertz CT molecular complexity index is 725. The Hall–Kier alpha value is -2.76. The zero-order valence-corrected chi connectivity index (χ0v) is 13.1. The van der Waals surface area contributed by atoms with Crippen LogP contribution in [0.1, 0.15) is 17.5 Å². The number of aromatic nitrogens is 2. The normalized spacial score (nSPS) is 17.4. The summed E-state index contributed by atoms with van der Waals surface area (Å²) in [6, 6.07) is 7.66. The van der Waals surface area contributed by atoms with Crippen molar-refractivity contribution < 1.29 is 9.59 Å². The number of benzene rings is 1. The van der Waals surface area contributed by atoms with Gasteiger partial charge < -0.3 is 4.90 Å². The van der Waals surface area contributed by atoms with Gasteiger partial charge in [-0.2, -0.15) is 0 Å². The van der Waals surface area contributed by atoms with Gasteiger partial charge in [-0.3, -0.25) is 14.9 Å². The van der Waals surface area contributed by atoms with E-state index < -0.39 is 5.92 Å². The summed E-state index contributed by atoms with van der Waals surface area (Å²) in [5.41, 5.74) is 3.04. The van der Waals surface area contributed by atoms with E-state index in [1.807, 2.05) is 26.0 Å². The highest BCUT2D eigenvalue weighted by Gasteiger charge is 2.35. The van der Waals surface area contributed by atoms with Gasteiger partial charge in [-0.05, 0) is 43.2 Å². The van der Waals surface area contributed by atoms with Crippen LogP contribution in [-0.2, 0) is 9.59 Å². The highest BCUT2D eigenvalue weighted by atomic mass is 16.2. The van der Waals surface area contributed by atoms with Gasteiger partial charge >= 0.3 is 0 Å². The highest BCUT2D eigenvalue weighted by molar-refractivity contribution is 6.03. The average molecular weight is 310 g/mol. The van der Waals surface area contributed by atoms with Crippen molar-refractivity contribution in [2.45, 2.75) is 20.3 Å². The number of nitrogens with one attached hydrogen (secondary N) is 1. The van der Waals surface area contributed by atoms with E-state index in [1.54, 1.807) is 23.4 Å². The van der Waals surface area contributed by atoms with Gasteiger partial charge in [0.1, 0.15) is 0 Å². The summed E-state index contributed by atoms with van der Waals surface area (Å²) in [5, 5.41) is 2.66. The molecule has 1 aromatic heterocycles. The van der Waals surface area contributed by atoms with Crippen LogP contribution in [0, 0.1) is 19.8 Å². The SMILES string of the molecule is Cc1cc(C)cc(N2CC(C(=O)Nc3ncccn3)CC2=O)c1. The molecule has 2 aromatic rings. The lowest BCUT2D eigenvalue weighted by atomic mass is 10.1. The van der Waals surface area contributed by atoms with Gasteiger partial charge in [0.25, 0.3) is 0 Å². The van der Waals surface area contributed by atoms with E-state index in [1.165, 1.54) is 0 Å². The smallest absolute Gasteiger partial charge is 0.232 e. The van der Waals surface area contributed by atoms with Crippen LogP contribution in [-0.4, -0.2) is 28.3 Å². The van der Waals surface area contributed by atoms with E-state index in [-0.39, 0.29) is 24.2 Å². The summed E-state index contributed by atoms with van der Waals surface area (Å²) in [6.07, 6.45) is 3.32. The molecular formula is C17H18N4O2. The monoisotopic (exact) mass is 310 g/mol. The first-order chi connectivity index (χ1) is 11.0. The molecule has 2 heterocycles. The molecule has 1 N–H and O–H groups in total. The molecule has 118 valence electrons. The standard InChI is InChI=1S/C17H18N4O2/c1-11-6-12(2)8-14(7-11)21-10-13(9-15(21)22)16(23)20-17-18-4-3-5-19-17/h3-8,13H,9-10H2,1-2H3,(H,18,19,20,23). The van der Waals surface area contributed by atoms with Crippen molar-refractivity contribution in [1.29, 1.82) is 0 Å². The van der Waals surface area contributed by atoms with Crippen LogP contribution in [0.3, 0.4) is 0 Å². The van der Waals surface area contributed by atoms with Crippen molar-refractivity contribution in [3.63, 3.8) is 0 Å². The number of carbonyl (C=O) groups excluding carboxylic acids is 2. The molecule has 6 nitrogen and oxygen atoms in total. The van der Waals surface area contributed by atoms with E-state index >= 15 is 0 Å². The summed E-state index contributed by atoms with van der Waals surface area (Å²) < 4.78 is 0. The van der Waals surface area contributed by atoms with Gasteiger partial charge in [-0.1, -0.05) is 6.07 Å². The Morgan fingerprint density at radius 3 is 2.48 bits per heavy atom. The fourth-order valence-corrected chi connectivity index (χ4v) is 2.82. The molecule has 1 atom stereocenters. The maximum Gasteiger partial charge on any atom is 0.232 e. The van der Waals surface area contributed by atoms with E-state index in [0.717, 1.165) is 16.8 Å². The zero-order chi connectivity index (χ0) is 16.4. The Labute approximate surface area is 134 Å². The molecule has 2 amide bonds. The van der Waals surface area contributed by atoms with Crippen LogP contribution in [0.25, 0.3) is 0 Å². The van der Waals surface area contributed by atoms with Crippen LogP contribution in [0.5, 0.6) is 0 Å². The topological polar surface area (TPSA) is 75.2 Å². The first-order valence-corrected chi connectivity index (χ1v) is 7.49. The van der Waals surface area contributed by atoms with Gasteiger partial charge in [0.05, 0.1) is 5.92 Å². The second-order valence-corrected chi connectivity index (χ2v) is 5.81. The molecule has 0 aliphatic carbocycles. The lowest BCUT2D eigenvalue weighted by Crippen LogP contribution is -2.28. The van der Waals surface area contributed by atoms with Crippen molar-refractivity contribution in [2.75, 3.05) is 16.8 Å². The van der Waals surface area contributed by atoms with Gasteiger partial charge in [-0.25, -0.2) is 9.97 Å². The molecule has 6 heteroatoms. The van der Waals surface area contributed by atoms with Gasteiger partial charge in [-0.15, -0.1) is 0 Å². The van der Waals surface area contributed by atoms with Crippen molar-refractivity contribution in [3.8, 4) is 0 Å². The average Bonchev–Trinajstić information content (AvgIpc) is 2.89. The molecule has 0 saturated carbocycles. The molecule has 1 aliphatic heterocycles. The van der Waals surface area contributed by atoms with Crippen LogP contribution in [0.4, 0.5) is 11.6 Å². The molecule has 1 unspecified atom stereocenters. The first kappa shape index (κ1) is 15.1. The number of nitrogens with zero attached hydrogens (tertiary/aromatic N) is 3. The molecular weight excluding hydrogens is 292 g/mol. The van der Waals surface area contributed by atoms with Gasteiger partial charge in [0.15, 0.2) is 0 Å². The maximum absolute atomic E-state index is 12.3. The molecule has 1 aromatic carbocycles. The van der Waals surface area contributed by atoms with Crippen molar-refractivity contribution in [2.24, 2.45) is 5.92 Å². The number of aryl methyl sites for hydroxylation is 2. The Morgan fingerprint density at radius 2 is 1.83 bits per heavy atom. The van der Waals surface area contributed by atoms with Gasteiger partial charge in [0.2, 0.25) is 17.8 Å². The zero-order valence-electron chi connectivity index (χ0n) is 13.1. The Kier molecular flexibility index (Phi) is 4.06. The Morgan fingerprint density at radius 1 is 1.17 bits per heavy atom. The number of carbonyl (C=O) groups is 2. The molecule has 1 fully saturated rings. The Balaban J connectivity index is 1.73. The second-order valence-electron chi connectivity index (χ2n) is 5.81. The molecule has 1 saturated heterocycles. The summed E-state index contributed by atoms with van der Waals surface area (Å²) in [7, 11) is 0. The van der Waals surface area contributed by atoms with Crippen molar-refractivity contribution >= 4 is 23.5 Å². The van der Waals surface area contributed by atoms with Gasteiger partial charge in [0, 0.05) is 31.0 Å². The second kappa shape index (κ2) is 6.16. The minimum atomic E-state index is -0.396. The van der Waals surface area contributed by atoms with E-state index in [4.69, 9.17) is 0 Å². The number of anilines is 2. The third-order valence-electron chi connectivity index (χ3n) is 3.81. The van der Waals surface area contributed by atoms with Crippen LogP contribution in [0.2, 0.25) is 0 Å². The third kappa shape index (κ3) is 3.36. The largest absolute Gasteiger partial charge is 0.312 e. The van der Waals surface area contributed by atoms with Crippen molar-refractivity contribution in [3.05, 3.63) is 47.8 Å². The highest BCUT2D eigenvalue weighted by Crippen LogP contribution is 2.27. The quantitative estimate of drug-likeness (QED) is 0.942. The summed E-state index contributed by atoms with van der Waals surface area (Å²) in [4.78, 5) is 34.2.